The maximum absolute atomic E-state index is 12.1. The van der Waals surface area contributed by atoms with E-state index in [2.05, 4.69) is 13.8 Å². The number of hydrogen-bond acceptors (Lipinski definition) is 4. The summed E-state index contributed by atoms with van der Waals surface area (Å²) in [6.45, 7) is 4.79. The Morgan fingerprint density at radius 2 is 1.83 bits per heavy atom. The smallest absolute Gasteiger partial charge is 0.335 e. The summed E-state index contributed by atoms with van der Waals surface area (Å²) < 4.78 is 5.44. The fraction of sp³-hybridized carbons (Fsp3) is 0.417. The van der Waals surface area contributed by atoms with Gasteiger partial charge in [0.1, 0.15) is 0 Å². The minimum absolute atomic E-state index is 0.190. The van der Waals surface area contributed by atoms with Crippen molar-refractivity contribution in [1.29, 1.82) is 0 Å². The second-order valence-corrected chi connectivity index (χ2v) is 8.28. The van der Waals surface area contributed by atoms with Crippen molar-refractivity contribution < 1.29 is 19.4 Å². The van der Waals surface area contributed by atoms with Crippen LogP contribution in [-0.2, 0) is 9.53 Å². The molecular weight excluding hydrogens is 384 g/mol. The van der Waals surface area contributed by atoms with E-state index in [4.69, 9.17) is 4.74 Å². The molecule has 1 unspecified atom stereocenters. The molecule has 1 N–H and O–H groups in total. The molecule has 156 valence electrons. The van der Waals surface area contributed by atoms with E-state index in [9.17, 15) is 14.7 Å². The monoisotopic (exact) mass is 414 g/mol. The Kier molecular flexibility index (Phi) is 9.78. The van der Waals surface area contributed by atoms with E-state index < -0.39 is 5.97 Å². The van der Waals surface area contributed by atoms with E-state index in [1.165, 1.54) is 11.8 Å². The third-order valence-electron chi connectivity index (χ3n) is 4.86. The highest BCUT2D eigenvalue weighted by atomic mass is 32.2. The van der Waals surface area contributed by atoms with Crippen molar-refractivity contribution in [3.05, 3.63) is 54.1 Å². The van der Waals surface area contributed by atoms with Gasteiger partial charge in [0.25, 0.3) is 0 Å². The van der Waals surface area contributed by atoms with E-state index in [0.717, 1.165) is 41.7 Å². The molecule has 5 heteroatoms. The van der Waals surface area contributed by atoms with Gasteiger partial charge in [0.2, 0.25) is 0 Å². The molecule has 2 aromatic rings. The van der Waals surface area contributed by atoms with Gasteiger partial charge < -0.3 is 9.84 Å². The zero-order valence-corrected chi connectivity index (χ0v) is 18.0. The van der Waals surface area contributed by atoms with Gasteiger partial charge in [-0.1, -0.05) is 63.4 Å². The standard InChI is InChI=1S/C24H30O4S/c1-3-5-9-18(4-2)17-28-23(25)12-13-29-22-15-20(14-21(16-22)24(26)27)19-10-7-6-8-11-19/h6-8,10-11,14-16,18H,3-5,9,12-13,17H2,1-2H3,(H,26,27). The van der Waals surface area contributed by atoms with Crippen LogP contribution in [-0.4, -0.2) is 29.4 Å². The van der Waals surface area contributed by atoms with Crippen LogP contribution in [0.15, 0.2) is 53.4 Å². The molecule has 1 atom stereocenters. The van der Waals surface area contributed by atoms with E-state index in [1.54, 1.807) is 12.1 Å². The summed E-state index contributed by atoms with van der Waals surface area (Å²) in [6, 6.07) is 15.0. The molecule has 2 aromatic carbocycles. The number of carboxylic acids is 1. The minimum atomic E-state index is -0.957. The van der Waals surface area contributed by atoms with Gasteiger partial charge in [0.05, 0.1) is 18.6 Å². The lowest BCUT2D eigenvalue weighted by atomic mass is 10.0. The molecule has 2 rings (SSSR count). The summed E-state index contributed by atoms with van der Waals surface area (Å²) in [4.78, 5) is 24.4. The van der Waals surface area contributed by atoms with Gasteiger partial charge >= 0.3 is 11.9 Å². The largest absolute Gasteiger partial charge is 0.478 e. The molecule has 0 amide bonds. The highest BCUT2D eigenvalue weighted by molar-refractivity contribution is 7.99. The molecule has 0 spiro atoms. The number of carbonyl (C=O) groups excluding carboxylic acids is 1. The number of esters is 1. The van der Waals surface area contributed by atoms with Crippen molar-refractivity contribution >= 4 is 23.7 Å². The van der Waals surface area contributed by atoms with E-state index in [0.29, 0.717) is 24.7 Å². The molecule has 0 bridgehead atoms. The van der Waals surface area contributed by atoms with Gasteiger partial charge in [-0.3, -0.25) is 4.79 Å². The van der Waals surface area contributed by atoms with Crippen LogP contribution < -0.4 is 0 Å². The fourth-order valence-corrected chi connectivity index (χ4v) is 3.96. The number of benzene rings is 2. The summed E-state index contributed by atoms with van der Waals surface area (Å²) in [7, 11) is 0. The van der Waals surface area contributed by atoms with Crippen LogP contribution in [0.5, 0.6) is 0 Å². The van der Waals surface area contributed by atoms with Crippen LogP contribution in [0.3, 0.4) is 0 Å². The summed E-state index contributed by atoms with van der Waals surface area (Å²) in [6.07, 6.45) is 4.75. The molecule has 0 saturated heterocycles. The van der Waals surface area contributed by atoms with Gasteiger partial charge in [-0.25, -0.2) is 4.79 Å². The summed E-state index contributed by atoms with van der Waals surface area (Å²) in [5.74, 6) is -0.152. The minimum Gasteiger partial charge on any atom is -0.478 e. The first-order valence-corrected chi connectivity index (χ1v) is 11.2. The van der Waals surface area contributed by atoms with Crippen LogP contribution in [0.4, 0.5) is 0 Å². The first kappa shape index (κ1) is 23.0. The van der Waals surface area contributed by atoms with Gasteiger partial charge in [0, 0.05) is 10.6 Å². The van der Waals surface area contributed by atoms with Crippen LogP contribution in [0.2, 0.25) is 0 Å². The topological polar surface area (TPSA) is 63.6 Å². The zero-order valence-electron chi connectivity index (χ0n) is 17.2. The first-order valence-electron chi connectivity index (χ1n) is 10.3. The van der Waals surface area contributed by atoms with E-state index in [-0.39, 0.29) is 11.5 Å². The maximum Gasteiger partial charge on any atom is 0.335 e. The molecule has 0 fully saturated rings. The Morgan fingerprint density at radius 1 is 1.07 bits per heavy atom. The van der Waals surface area contributed by atoms with Crippen LogP contribution in [0, 0.1) is 5.92 Å². The average molecular weight is 415 g/mol. The van der Waals surface area contributed by atoms with Crippen molar-refractivity contribution in [2.24, 2.45) is 5.92 Å². The molecule has 4 nitrogen and oxygen atoms in total. The van der Waals surface area contributed by atoms with Gasteiger partial charge in [-0.2, -0.15) is 0 Å². The van der Waals surface area contributed by atoms with Crippen molar-refractivity contribution in [2.45, 2.75) is 50.8 Å². The number of carboxylic acid groups (broad SMARTS) is 1. The number of hydrogen-bond donors (Lipinski definition) is 1. The van der Waals surface area contributed by atoms with Crippen LogP contribution >= 0.6 is 11.8 Å². The normalized spacial score (nSPS) is 11.8. The Bertz CT molecular complexity index is 789. The number of thioether (sulfide) groups is 1. The molecule has 0 aliphatic carbocycles. The summed E-state index contributed by atoms with van der Waals surface area (Å²) in [5.41, 5.74) is 2.07. The molecule has 0 aliphatic heterocycles. The first-order chi connectivity index (χ1) is 14.0. The summed E-state index contributed by atoms with van der Waals surface area (Å²) >= 11 is 1.48. The number of unbranched alkanes of at least 4 members (excludes halogenated alkanes) is 1. The number of rotatable bonds is 12. The lowest BCUT2D eigenvalue weighted by molar-refractivity contribution is -0.144. The highest BCUT2D eigenvalue weighted by Crippen LogP contribution is 2.28. The lowest BCUT2D eigenvalue weighted by Crippen LogP contribution is -2.14. The second kappa shape index (κ2) is 12.3. The fourth-order valence-electron chi connectivity index (χ4n) is 3.04. The van der Waals surface area contributed by atoms with E-state index in [1.807, 2.05) is 36.4 Å². The molecule has 29 heavy (non-hydrogen) atoms. The SMILES string of the molecule is CCCCC(CC)COC(=O)CCSc1cc(C(=O)O)cc(-c2ccccc2)c1. The molecule has 0 aliphatic rings. The Labute approximate surface area is 177 Å². The Hall–Kier alpha value is -2.27. The zero-order chi connectivity index (χ0) is 21.1. The number of aromatic carboxylic acids is 1. The predicted molar refractivity (Wildman–Crippen MR) is 118 cm³/mol. The van der Waals surface area contributed by atoms with Gasteiger partial charge in [-0.05, 0) is 41.7 Å². The predicted octanol–water partition coefficient (Wildman–Crippen LogP) is 6.29. The molecule has 0 saturated carbocycles. The van der Waals surface area contributed by atoms with Gasteiger partial charge in [-0.15, -0.1) is 11.8 Å². The Balaban J connectivity index is 1.92. The highest BCUT2D eigenvalue weighted by Gasteiger charge is 2.12. The third-order valence-corrected chi connectivity index (χ3v) is 5.84. The molecular formula is C24H30O4S. The average Bonchev–Trinajstić information content (AvgIpc) is 2.74. The van der Waals surface area contributed by atoms with E-state index >= 15 is 0 Å². The Morgan fingerprint density at radius 3 is 2.48 bits per heavy atom. The van der Waals surface area contributed by atoms with Crippen LogP contribution in [0.1, 0.15) is 56.3 Å². The molecule has 0 heterocycles. The molecule has 0 radical (unpaired) electrons. The van der Waals surface area contributed by atoms with Crippen molar-refractivity contribution in [2.75, 3.05) is 12.4 Å². The third kappa shape index (κ3) is 7.94. The quantitative estimate of drug-likeness (QED) is 0.326. The lowest BCUT2D eigenvalue weighted by Gasteiger charge is -2.14. The van der Waals surface area contributed by atoms with Crippen molar-refractivity contribution in [3.63, 3.8) is 0 Å². The molecule has 0 aromatic heterocycles. The van der Waals surface area contributed by atoms with Crippen LogP contribution in [0.25, 0.3) is 11.1 Å². The second-order valence-electron chi connectivity index (χ2n) is 7.12. The maximum atomic E-state index is 12.1. The number of carbonyl (C=O) groups is 2. The van der Waals surface area contributed by atoms with Gasteiger partial charge in [0.15, 0.2) is 0 Å². The summed E-state index contributed by atoms with van der Waals surface area (Å²) in [5, 5.41) is 9.42. The van der Waals surface area contributed by atoms with Crippen molar-refractivity contribution in [3.8, 4) is 11.1 Å². The number of ether oxygens (including phenoxy) is 1. The van der Waals surface area contributed by atoms with Crippen molar-refractivity contribution in [1.82, 2.24) is 0 Å².